The monoisotopic (exact) mass is 225 g/mol. The maximum atomic E-state index is 10.6. The highest BCUT2D eigenvalue weighted by Gasteiger charge is 2.16. The average Bonchev–Trinajstić information content (AvgIpc) is 2.15. The second-order valence-corrected chi connectivity index (χ2v) is 3.28. The van der Waals surface area contributed by atoms with E-state index in [1.165, 1.54) is 6.07 Å². The van der Waals surface area contributed by atoms with Crippen molar-refractivity contribution in [3.63, 3.8) is 0 Å². The molecule has 16 heavy (non-hydrogen) atoms. The summed E-state index contributed by atoms with van der Waals surface area (Å²) in [5, 5.41) is 19.8. The summed E-state index contributed by atoms with van der Waals surface area (Å²) >= 11 is 0. The Labute approximate surface area is 90.8 Å². The molecule has 0 heterocycles. The van der Waals surface area contributed by atoms with Gasteiger partial charge >= 0.3 is 5.69 Å². The topological polar surface area (TPSA) is 132 Å². The first-order chi connectivity index (χ1) is 7.41. The molecule has 1 unspecified atom stereocenters. The van der Waals surface area contributed by atoms with Gasteiger partial charge in [0.15, 0.2) is 5.75 Å². The number of hydrogen-bond acceptors (Lipinski definition) is 5. The summed E-state index contributed by atoms with van der Waals surface area (Å²) in [5.74, 6) is -1.06. The van der Waals surface area contributed by atoms with Crippen molar-refractivity contribution >= 4 is 11.6 Å². The van der Waals surface area contributed by atoms with Crippen molar-refractivity contribution in [2.75, 3.05) is 0 Å². The third kappa shape index (κ3) is 2.67. The van der Waals surface area contributed by atoms with Crippen LogP contribution in [-0.2, 0) is 4.79 Å². The van der Waals surface area contributed by atoms with Crippen LogP contribution in [-0.4, -0.2) is 15.9 Å². The molecule has 0 bridgehead atoms. The van der Waals surface area contributed by atoms with Gasteiger partial charge in [0.05, 0.1) is 4.92 Å². The fourth-order valence-electron chi connectivity index (χ4n) is 1.26. The molecular formula is C9H11N3O4. The van der Waals surface area contributed by atoms with Crippen LogP contribution in [0.25, 0.3) is 0 Å². The minimum Gasteiger partial charge on any atom is -0.502 e. The zero-order chi connectivity index (χ0) is 12.3. The van der Waals surface area contributed by atoms with Crippen LogP contribution >= 0.6 is 0 Å². The number of rotatable bonds is 4. The number of carbonyl (C=O) groups excluding carboxylic acids is 1. The number of carbonyl (C=O) groups is 1. The van der Waals surface area contributed by atoms with Gasteiger partial charge in [-0.1, -0.05) is 6.07 Å². The van der Waals surface area contributed by atoms with E-state index in [0.717, 1.165) is 12.1 Å². The molecule has 1 aromatic rings. The Kier molecular flexibility index (Phi) is 3.41. The van der Waals surface area contributed by atoms with Crippen LogP contribution in [0.2, 0.25) is 0 Å². The van der Waals surface area contributed by atoms with Gasteiger partial charge in [0.25, 0.3) is 0 Å². The minimum atomic E-state index is -0.710. The predicted octanol–water partition coefficient (Wildman–Crippen LogP) is 0.176. The number of benzene rings is 1. The highest BCUT2D eigenvalue weighted by atomic mass is 16.6. The summed E-state index contributed by atoms with van der Waals surface area (Å²) < 4.78 is 0. The van der Waals surface area contributed by atoms with Gasteiger partial charge in [-0.05, 0) is 11.6 Å². The highest BCUT2D eigenvalue weighted by molar-refractivity contribution is 5.74. The van der Waals surface area contributed by atoms with Crippen molar-refractivity contribution in [1.82, 2.24) is 0 Å². The molecule has 0 saturated carbocycles. The van der Waals surface area contributed by atoms with Gasteiger partial charge in [0.2, 0.25) is 5.91 Å². The Morgan fingerprint density at radius 1 is 1.56 bits per heavy atom. The van der Waals surface area contributed by atoms with Crippen molar-refractivity contribution in [3.05, 3.63) is 33.9 Å². The molecule has 0 aliphatic heterocycles. The van der Waals surface area contributed by atoms with E-state index in [-0.39, 0.29) is 6.42 Å². The Bertz CT molecular complexity index is 433. The maximum Gasteiger partial charge on any atom is 0.310 e. The average molecular weight is 225 g/mol. The molecule has 0 radical (unpaired) electrons. The van der Waals surface area contributed by atoms with Crippen molar-refractivity contribution in [3.8, 4) is 5.75 Å². The lowest BCUT2D eigenvalue weighted by Crippen LogP contribution is -2.20. The Morgan fingerprint density at radius 2 is 2.19 bits per heavy atom. The molecule has 0 aliphatic rings. The number of hydrogen-bond donors (Lipinski definition) is 3. The first-order valence-electron chi connectivity index (χ1n) is 4.43. The number of primary amides is 1. The van der Waals surface area contributed by atoms with Crippen LogP contribution in [0.4, 0.5) is 5.69 Å². The zero-order valence-corrected chi connectivity index (χ0v) is 8.29. The minimum absolute atomic E-state index is 0.0861. The molecule has 7 nitrogen and oxygen atoms in total. The maximum absolute atomic E-state index is 10.6. The van der Waals surface area contributed by atoms with Gasteiger partial charge < -0.3 is 16.6 Å². The van der Waals surface area contributed by atoms with Crippen LogP contribution in [0, 0.1) is 10.1 Å². The Balaban J connectivity index is 2.96. The number of nitrogens with zero attached hydrogens (tertiary/aromatic N) is 1. The van der Waals surface area contributed by atoms with Gasteiger partial charge in [-0.15, -0.1) is 0 Å². The molecule has 0 fully saturated rings. The molecule has 86 valence electrons. The van der Waals surface area contributed by atoms with E-state index in [2.05, 4.69) is 0 Å². The second kappa shape index (κ2) is 4.58. The van der Waals surface area contributed by atoms with Crippen LogP contribution in [0.3, 0.4) is 0 Å². The van der Waals surface area contributed by atoms with Crippen LogP contribution in [0.5, 0.6) is 5.75 Å². The van der Waals surface area contributed by atoms with Gasteiger partial charge in [-0.2, -0.15) is 0 Å². The molecule has 0 aliphatic carbocycles. The van der Waals surface area contributed by atoms with Crippen LogP contribution < -0.4 is 11.5 Å². The standard InChI is InChI=1S/C9H11N3O4/c10-6(4-9(11)14)5-1-2-7(12(15)16)8(13)3-5/h1-3,6,13H,4,10H2,(H2,11,14). The molecule has 0 spiro atoms. The van der Waals surface area contributed by atoms with E-state index in [9.17, 15) is 20.0 Å². The van der Waals surface area contributed by atoms with E-state index < -0.39 is 28.3 Å². The number of phenols is 1. The quantitative estimate of drug-likeness (QED) is 0.496. The molecular weight excluding hydrogens is 214 g/mol. The predicted molar refractivity (Wildman–Crippen MR) is 55.5 cm³/mol. The summed E-state index contributed by atoms with van der Waals surface area (Å²) in [6.45, 7) is 0. The molecule has 0 saturated heterocycles. The molecule has 5 N–H and O–H groups in total. The van der Waals surface area contributed by atoms with Crippen molar-refractivity contribution in [2.45, 2.75) is 12.5 Å². The molecule has 0 aromatic heterocycles. The lowest BCUT2D eigenvalue weighted by molar-refractivity contribution is -0.385. The number of nitro groups is 1. The first kappa shape index (κ1) is 11.9. The van der Waals surface area contributed by atoms with Gasteiger partial charge in [-0.3, -0.25) is 14.9 Å². The fraction of sp³-hybridized carbons (Fsp3) is 0.222. The normalized spacial score (nSPS) is 12.1. The number of amides is 1. The van der Waals surface area contributed by atoms with Crippen molar-refractivity contribution in [2.24, 2.45) is 11.5 Å². The van der Waals surface area contributed by atoms with Crippen molar-refractivity contribution in [1.29, 1.82) is 0 Å². The summed E-state index contributed by atoms with van der Waals surface area (Å²) in [6.07, 6.45) is -0.0861. The summed E-state index contributed by atoms with van der Waals surface area (Å²) in [5.41, 5.74) is 10.6. The Morgan fingerprint density at radius 3 is 2.62 bits per heavy atom. The van der Waals surface area contributed by atoms with E-state index in [1.54, 1.807) is 0 Å². The number of nitro benzene ring substituents is 1. The second-order valence-electron chi connectivity index (χ2n) is 3.28. The highest BCUT2D eigenvalue weighted by Crippen LogP contribution is 2.28. The largest absolute Gasteiger partial charge is 0.502 e. The zero-order valence-electron chi connectivity index (χ0n) is 8.29. The molecule has 1 aromatic carbocycles. The van der Waals surface area contributed by atoms with Gasteiger partial charge in [0, 0.05) is 18.5 Å². The number of phenolic OH excluding ortho intramolecular Hbond substituents is 1. The molecule has 1 amide bonds. The summed E-state index contributed by atoms with van der Waals surface area (Å²) in [7, 11) is 0. The molecule has 1 rings (SSSR count). The number of aromatic hydroxyl groups is 1. The lowest BCUT2D eigenvalue weighted by Gasteiger charge is -2.09. The van der Waals surface area contributed by atoms with Crippen molar-refractivity contribution < 1.29 is 14.8 Å². The molecule has 1 atom stereocenters. The fourth-order valence-corrected chi connectivity index (χ4v) is 1.26. The van der Waals surface area contributed by atoms with E-state index in [0.29, 0.717) is 5.56 Å². The smallest absolute Gasteiger partial charge is 0.310 e. The SMILES string of the molecule is NC(=O)CC(N)c1ccc([N+](=O)[O-])c(O)c1. The number of nitrogens with two attached hydrogens (primary N) is 2. The summed E-state index contributed by atoms with van der Waals surface area (Å²) in [4.78, 5) is 20.3. The van der Waals surface area contributed by atoms with E-state index >= 15 is 0 Å². The van der Waals surface area contributed by atoms with Gasteiger partial charge in [-0.25, -0.2) is 0 Å². The lowest BCUT2D eigenvalue weighted by atomic mass is 10.0. The van der Waals surface area contributed by atoms with Crippen LogP contribution in [0.1, 0.15) is 18.0 Å². The van der Waals surface area contributed by atoms with Crippen LogP contribution in [0.15, 0.2) is 18.2 Å². The Hall–Kier alpha value is -2.15. The molecule has 7 heteroatoms. The first-order valence-corrected chi connectivity index (χ1v) is 4.43. The van der Waals surface area contributed by atoms with E-state index in [1.807, 2.05) is 0 Å². The van der Waals surface area contributed by atoms with Gasteiger partial charge in [0.1, 0.15) is 0 Å². The third-order valence-electron chi connectivity index (χ3n) is 2.05. The van der Waals surface area contributed by atoms with E-state index in [4.69, 9.17) is 11.5 Å². The third-order valence-corrected chi connectivity index (χ3v) is 2.05. The summed E-state index contributed by atoms with van der Waals surface area (Å²) in [6, 6.07) is 2.99.